The van der Waals surface area contributed by atoms with E-state index < -0.39 is 35.1 Å². The molecule has 2 aromatic heterocycles. The fourth-order valence-electron chi connectivity index (χ4n) is 2.97. The lowest BCUT2D eigenvalue weighted by Gasteiger charge is -2.15. The minimum atomic E-state index is -5.01. The van der Waals surface area contributed by atoms with Gasteiger partial charge in [0.1, 0.15) is 0 Å². The molecule has 0 fully saturated rings. The van der Waals surface area contributed by atoms with Gasteiger partial charge in [-0.05, 0) is 38.1 Å². The van der Waals surface area contributed by atoms with Crippen LogP contribution in [-0.4, -0.2) is 20.7 Å². The highest BCUT2D eigenvalue weighted by molar-refractivity contribution is 6.12. The maximum atomic E-state index is 13.0. The van der Waals surface area contributed by atoms with Crippen LogP contribution in [0, 0.1) is 13.8 Å². The van der Waals surface area contributed by atoms with Crippen LogP contribution in [0.3, 0.4) is 0 Å². The number of nitrogens with zero attached hydrogens (tertiary/aromatic N) is 3. The number of nitrogens with one attached hydrogen (secondary N) is 1. The molecule has 154 valence electrons. The van der Waals surface area contributed by atoms with Gasteiger partial charge in [-0.1, -0.05) is 0 Å². The van der Waals surface area contributed by atoms with Crippen LogP contribution in [0.25, 0.3) is 11.0 Å². The summed E-state index contributed by atoms with van der Waals surface area (Å²) in [7, 11) is 1.60. The molecule has 29 heavy (non-hydrogen) atoms. The van der Waals surface area contributed by atoms with Crippen LogP contribution >= 0.6 is 0 Å². The van der Waals surface area contributed by atoms with Crippen LogP contribution in [0.2, 0.25) is 0 Å². The average Bonchev–Trinajstić information content (AvgIpc) is 2.86. The summed E-state index contributed by atoms with van der Waals surface area (Å²) in [4.78, 5) is 17.0. The summed E-state index contributed by atoms with van der Waals surface area (Å²) in [5.74, 6) is -0.871. The predicted molar refractivity (Wildman–Crippen MR) is 92.4 cm³/mol. The number of hydrogen-bond acceptors (Lipinski definition) is 3. The van der Waals surface area contributed by atoms with Crippen molar-refractivity contribution in [2.45, 2.75) is 26.2 Å². The molecule has 0 radical (unpaired) electrons. The number of aryl methyl sites for hydroxylation is 3. The Morgan fingerprint density at radius 2 is 1.52 bits per heavy atom. The molecule has 0 saturated heterocycles. The summed E-state index contributed by atoms with van der Waals surface area (Å²) in [6.45, 7) is 3.22. The second kappa shape index (κ2) is 6.75. The lowest BCUT2D eigenvalue weighted by molar-refractivity contribution is -0.143. The first-order chi connectivity index (χ1) is 13.3. The van der Waals surface area contributed by atoms with Crippen LogP contribution < -0.4 is 5.32 Å². The fraction of sp³-hybridized carbons (Fsp3) is 0.278. The van der Waals surface area contributed by atoms with E-state index in [4.69, 9.17) is 0 Å². The van der Waals surface area contributed by atoms with Crippen LogP contribution in [0.1, 0.15) is 32.9 Å². The van der Waals surface area contributed by atoms with Gasteiger partial charge in [0.25, 0.3) is 5.91 Å². The number of rotatable bonds is 2. The molecule has 0 aliphatic heterocycles. The Morgan fingerprint density at radius 1 is 0.966 bits per heavy atom. The largest absolute Gasteiger partial charge is 0.416 e. The number of carbonyl (C=O) groups excluding carboxylic acids is 1. The smallest absolute Gasteiger partial charge is 0.322 e. The van der Waals surface area contributed by atoms with Gasteiger partial charge in [0, 0.05) is 18.4 Å². The van der Waals surface area contributed by atoms with Crippen molar-refractivity contribution < 1.29 is 31.1 Å². The molecule has 0 saturated carbocycles. The van der Waals surface area contributed by atoms with Crippen molar-refractivity contribution >= 4 is 22.6 Å². The SMILES string of the molecule is Cc1cc(C(=O)Nc2cc(C(F)(F)F)cc(C(F)(F)F)c2)c2c(C)nn(C)c2n1. The van der Waals surface area contributed by atoms with Crippen LogP contribution in [0.5, 0.6) is 0 Å². The van der Waals surface area contributed by atoms with Gasteiger partial charge < -0.3 is 5.32 Å². The standard InChI is InChI=1S/C18H14F6N4O/c1-8-4-13(14-9(2)27-28(3)15(14)25-8)16(29)26-12-6-10(17(19,20)21)5-11(7-12)18(22,23)24/h4-7H,1-3H3,(H,26,29). The fourth-order valence-corrected chi connectivity index (χ4v) is 2.97. The van der Waals surface area contributed by atoms with E-state index in [1.165, 1.54) is 10.7 Å². The van der Waals surface area contributed by atoms with Crippen molar-refractivity contribution in [3.63, 3.8) is 0 Å². The van der Waals surface area contributed by atoms with Gasteiger partial charge in [-0.15, -0.1) is 0 Å². The van der Waals surface area contributed by atoms with E-state index in [1.54, 1.807) is 20.9 Å². The highest BCUT2D eigenvalue weighted by Crippen LogP contribution is 2.37. The number of aromatic nitrogens is 3. The molecule has 0 atom stereocenters. The molecule has 1 N–H and O–H groups in total. The molecule has 11 heteroatoms. The third-order valence-corrected chi connectivity index (χ3v) is 4.19. The van der Waals surface area contributed by atoms with E-state index in [1.807, 2.05) is 0 Å². The van der Waals surface area contributed by atoms with Gasteiger partial charge in [-0.2, -0.15) is 31.4 Å². The molecular formula is C18H14F6N4O. The van der Waals surface area contributed by atoms with Crippen molar-refractivity contribution in [2.24, 2.45) is 7.05 Å². The van der Waals surface area contributed by atoms with Gasteiger partial charge in [-0.25, -0.2) is 4.98 Å². The maximum Gasteiger partial charge on any atom is 0.416 e. The van der Waals surface area contributed by atoms with Crippen molar-refractivity contribution in [3.8, 4) is 0 Å². The van der Waals surface area contributed by atoms with E-state index in [-0.39, 0.29) is 11.6 Å². The zero-order chi connectivity index (χ0) is 21.7. The van der Waals surface area contributed by atoms with E-state index in [0.717, 1.165) is 0 Å². The number of halogens is 6. The Bertz CT molecular complexity index is 1080. The second-order valence-electron chi connectivity index (χ2n) is 6.47. The van der Waals surface area contributed by atoms with E-state index in [2.05, 4.69) is 15.4 Å². The van der Waals surface area contributed by atoms with Gasteiger partial charge in [0.2, 0.25) is 0 Å². The van der Waals surface area contributed by atoms with Crippen molar-refractivity contribution in [2.75, 3.05) is 5.32 Å². The first-order valence-electron chi connectivity index (χ1n) is 8.19. The predicted octanol–water partition coefficient (Wildman–Crippen LogP) is 4.88. The summed E-state index contributed by atoms with van der Waals surface area (Å²) in [6.07, 6.45) is -10.0. The molecule has 0 aliphatic rings. The molecule has 1 amide bonds. The summed E-state index contributed by atoms with van der Waals surface area (Å²) >= 11 is 0. The van der Waals surface area contributed by atoms with E-state index in [0.29, 0.717) is 34.6 Å². The summed E-state index contributed by atoms with van der Waals surface area (Å²) < 4.78 is 79.5. The Morgan fingerprint density at radius 3 is 2.03 bits per heavy atom. The lowest BCUT2D eigenvalue weighted by Crippen LogP contribution is -2.16. The van der Waals surface area contributed by atoms with Gasteiger partial charge in [0.15, 0.2) is 5.65 Å². The number of amides is 1. The first-order valence-corrected chi connectivity index (χ1v) is 8.19. The zero-order valence-corrected chi connectivity index (χ0v) is 15.3. The van der Waals surface area contributed by atoms with Gasteiger partial charge in [0.05, 0.1) is 27.8 Å². The Hall–Kier alpha value is -3.11. The second-order valence-corrected chi connectivity index (χ2v) is 6.47. The first kappa shape index (κ1) is 20.6. The molecule has 0 aliphatic carbocycles. The summed E-state index contributed by atoms with van der Waals surface area (Å²) in [5, 5.41) is 6.65. The lowest BCUT2D eigenvalue weighted by atomic mass is 10.1. The van der Waals surface area contributed by atoms with Gasteiger partial charge >= 0.3 is 12.4 Å². The summed E-state index contributed by atoms with van der Waals surface area (Å²) in [5.41, 5.74) is -2.36. The number of anilines is 1. The third kappa shape index (κ3) is 4.03. The Balaban J connectivity index is 2.09. The molecule has 2 heterocycles. The summed E-state index contributed by atoms with van der Waals surface area (Å²) in [6, 6.07) is 2.29. The van der Waals surface area contributed by atoms with Crippen LogP contribution in [0.4, 0.5) is 32.0 Å². The molecule has 3 rings (SSSR count). The highest BCUT2D eigenvalue weighted by atomic mass is 19.4. The third-order valence-electron chi connectivity index (χ3n) is 4.19. The molecule has 0 unspecified atom stereocenters. The Labute approximate surface area is 160 Å². The zero-order valence-electron chi connectivity index (χ0n) is 15.3. The molecule has 3 aromatic rings. The highest BCUT2D eigenvalue weighted by Gasteiger charge is 2.37. The Kier molecular flexibility index (Phi) is 4.80. The molecular weight excluding hydrogens is 402 g/mol. The van der Waals surface area contributed by atoms with E-state index >= 15 is 0 Å². The number of fused-ring (bicyclic) bond motifs is 1. The quantitative estimate of drug-likeness (QED) is 0.606. The number of pyridine rings is 1. The van der Waals surface area contributed by atoms with Crippen LogP contribution in [0.15, 0.2) is 24.3 Å². The maximum absolute atomic E-state index is 13.0. The minimum absolute atomic E-state index is 0.00426. The van der Waals surface area contributed by atoms with Crippen molar-refractivity contribution in [1.29, 1.82) is 0 Å². The topological polar surface area (TPSA) is 59.8 Å². The number of hydrogen-bond donors (Lipinski definition) is 1. The molecule has 1 aromatic carbocycles. The number of alkyl halides is 6. The molecule has 0 bridgehead atoms. The van der Waals surface area contributed by atoms with E-state index in [9.17, 15) is 31.1 Å². The van der Waals surface area contributed by atoms with Crippen LogP contribution in [-0.2, 0) is 19.4 Å². The molecule has 0 spiro atoms. The average molecular weight is 416 g/mol. The monoisotopic (exact) mass is 416 g/mol. The normalized spacial score (nSPS) is 12.4. The molecule has 5 nitrogen and oxygen atoms in total. The number of benzene rings is 1. The van der Waals surface area contributed by atoms with Crippen molar-refractivity contribution in [1.82, 2.24) is 14.8 Å². The van der Waals surface area contributed by atoms with Gasteiger partial charge in [-0.3, -0.25) is 9.48 Å². The van der Waals surface area contributed by atoms with Crippen molar-refractivity contribution in [3.05, 3.63) is 52.3 Å². The number of carbonyl (C=O) groups is 1. The minimum Gasteiger partial charge on any atom is -0.322 e.